The van der Waals surface area contributed by atoms with E-state index in [-0.39, 0.29) is 12.1 Å². The molecule has 0 bridgehead atoms. The van der Waals surface area contributed by atoms with Crippen LogP contribution in [-0.2, 0) is 11.2 Å². The smallest absolute Gasteiger partial charge is 0.426 e. The quantitative estimate of drug-likeness (QED) is 0.411. The van der Waals surface area contributed by atoms with Gasteiger partial charge >= 0.3 is 7.12 Å². The van der Waals surface area contributed by atoms with Gasteiger partial charge in [0, 0.05) is 18.8 Å². The summed E-state index contributed by atoms with van der Waals surface area (Å²) in [4.78, 5) is 33.3. The van der Waals surface area contributed by atoms with Gasteiger partial charge in [0.15, 0.2) is 0 Å². The molecule has 0 aliphatic carbocycles. The summed E-state index contributed by atoms with van der Waals surface area (Å²) in [7, 11) is -1.69. The molecule has 2 aromatic rings. The highest BCUT2D eigenvalue weighted by Gasteiger charge is 2.29. The molecule has 30 heavy (non-hydrogen) atoms. The highest BCUT2D eigenvalue weighted by Crippen LogP contribution is 2.10. The topological polar surface area (TPSA) is 124 Å². The minimum absolute atomic E-state index is 0.0963. The molecule has 0 spiro atoms. The SMILES string of the molecule is CC(C)CCC[C@H](NC(=O)[C@@H](Cc1ccccc1)NC(=O)c1cnccn1)B(O)O. The molecule has 2 amide bonds. The Labute approximate surface area is 177 Å². The van der Waals surface area contributed by atoms with Crippen LogP contribution in [0.2, 0.25) is 0 Å². The minimum Gasteiger partial charge on any atom is -0.426 e. The van der Waals surface area contributed by atoms with E-state index in [1.807, 2.05) is 30.3 Å². The molecule has 0 aliphatic heterocycles. The van der Waals surface area contributed by atoms with Gasteiger partial charge in [-0.05, 0) is 17.9 Å². The molecular weight excluding hydrogens is 383 g/mol. The summed E-state index contributed by atoms with van der Waals surface area (Å²) in [6.07, 6.45) is 6.50. The van der Waals surface area contributed by atoms with Crippen LogP contribution in [0, 0.1) is 5.92 Å². The predicted molar refractivity (Wildman–Crippen MR) is 114 cm³/mol. The van der Waals surface area contributed by atoms with Crippen molar-refractivity contribution in [3.05, 3.63) is 60.2 Å². The largest absolute Gasteiger partial charge is 0.475 e. The Balaban J connectivity index is 2.11. The molecule has 0 radical (unpaired) electrons. The molecule has 9 heteroatoms. The van der Waals surface area contributed by atoms with Crippen LogP contribution in [0.25, 0.3) is 0 Å². The lowest BCUT2D eigenvalue weighted by Crippen LogP contribution is -2.54. The van der Waals surface area contributed by atoms with Gasteiger partial charge in [-0.25, -0.2) is 4.98 Å². The van der Waals surface area contributed by atoms with Crippen LogP contribution in [-0.4, -0.2) is 50.9 Å². The van der Waals surface area contributed by atoms with Crippen molar-refractivity contribution in [3.63, 3.8) is 0 Å². The molecule has 0 saturated carbocycles. The number of carbonyl (C=O) groups is 2. The molecule has 2 atom stereocenters. The number of nitrogens with one attached hydrogen (secondary N) is 2. The zero-order chi connectivity index (χ0) is 21.9. The number of hydrogen-bond donors (Lipinski definition) is 4. The van der Waals surface area contributed by atoms with Crippen LogP contribution < -0.4 is 10.6 Å². The maximum atomic E-state index is 12.9. The maximum absolute atomic E-state index is 12.9. The van der Waals surface area contributed by atoms with E-state index in [1.165, 1.54) is 18.6 Å². The van der Waals surface area contributed by atoms with Gasteiger partial charge in [-0.3, -0.25) is 14.6 Å². The Bertz CT molecular complexity index is 790. The van der Waals surface area contributed by atoms with E-state index in [2.05, 4.69) is 34.4 Å². The van der Waals surface area contributed by atoms with Crippen molar-refractivity contribution >= 4 is 18.9 Å². The van der Waals surface area contributed by atoms with E-state index in [0.29, 0.717) is 12.3 Å². The Kier molecular flexibility index (Phi) is 9.43. The van der Waals surface area contributed by atoms with Crippen molar-refractivity contribution in [1.29, 1.82) is 0 Å². The summed E-state index contributed by atoms with van der Waals surface area (Å²) in [6, 6.07) is 8.37. The third-order valence-electron chi connectivity index (χ3n) is 4.68. The van der Waals surface area contributed by atoms with Crippen LogP contribution >= 0.6 is 0 Å². The Morgan fingerprint density at radius 1 is 1.07 bits per heavy atom. The fourth-order valence-corrected chi connectivity index (χ4v) is 3.03. The highest BCUT2D eigenvalue weighted by atomic mass is 16.4. The Morgan fingerprint density at radius 2 is 1.80 bits per heavy atom. The molecule has 1 aromatic carbocycles. The highest BCUT2D eigenvalue weighted by molar-refractivity contribution is 6.43. The Hall–Kier alpha value is -2.78. The fraction of sp³-hybridized carbons (Fsp3) is 0.429. The number of hydrogen-bond acceptors (Lipinski definition) is 6. The number of aromatic nitrogens is 2. The van der Waals surface area contributed by atoms with Crippen molar-refractivity contribution in [2.24, 2.45) is 5.92 Å². The predicted octanol–water partition coefficient (Wildman–Crippen LogP) is 1.14. The first-order valence-corrected chi connectivity index (χ1v) is 10.1. The van der Waals surface area contributed by atoms with Gasteiger partial charge in [0.25, 0.3) is 5.91 Å². The van der Waals surface area contributed by atoms with Crippen LogP contribution in [0.15, 0.2) is 48.9 Å². The number of nitrogens with zero attached hydrogens (tertiary/aromatic N) is 2. The van der Waals surface area contributed by atoms with Gasteiger partial charge in [-0.15, -0.1) is 0 Å². The summed E-state index contributed by atoms with van der Waals surface area (Å²) in [6.45, 7) is 4.17. The second kappa shape index (κ2) is 12.0. The second-order valence-corrected chi connectivity index (χ2v) is 7.66. The van der Waals surface area contributed by atoms with E-state index in [1.54, 1.807) is 0 Å². The first-order valence-electron chi connectivity index (χ1n) is 10.1. The van der Waals surface area contributed by atoms with Gasteiger partial charge in [0.2, 0.25) is 5.91 Å². The van der Waals surface area contributed by atoms with E-state index in [9.17, 15) is 19.6 Å². The molecule has 4 N–H and O–H groups in total. The molecule has 160 valence electrons. The first kappa shape index (κ1) is 23.5. The van der Waals surface area contributed by atoms with E-state index < -0.39 is 30.9 Å². The molecular formula is C21H29BN4O4. The van der Waals surface area contributed by atoms with Crippen molar-refractivity contribution in [1.82, 2.24) is 20.6 Å². The molecule has 0 aliphatic rings. The van der Waals surface area contributed by atoms with Crippen molar-refractivity contribution in [3.8, 4) is 0 Å². The second-order valence-electron chi connectivity index (χ2n) is 7.66. The summed E-state index contributed by atoms with van der Waals surface area (Å²) in [5.41, 5.74) is 0.956. The van der Waals surface area contributed by atoms with Crippen molar-refractivity contribution in [2.75, 3.05) is 0 Å². The molecule has 0 unspecified atom stereocenters. The first-order chi connectivity index (χ1) is 14.4. The molecule has 1 heterocycles. The molecule has 0 fully saturated rings. The van der Waals surface area contributed by atoms with Crippen LogP contribution in [0.1, 0.15) is 49.2 Å². The lowest BCUT2D eigenvalue weighted by molar-refractivity contribution is -0.123. The van der Waals surface area contributed by atoms with Crippen LogP contribution in [0.4, 0.5) is 0 Å². The maximum Gasteiger partial charge on any atom is 0.475 e. The van der Waals surface area contributed by atoms with Gasteiger partial charge in [-0.2, -0.15) is 0 Å². The van der Waals surface area contributed by atoms with E-state index in [0.717, 1.165) is 18.4 Å². The molecule has 1 aromatic heterocycles. The minimum atomic E-state index is -1.69. The summed E-state index contributed by atoms with van der Waals surface area (Å²) >= 11 is 0. The van der Waals surface area contributed by atoms with Crippen LogP contribution in [0.3, 0.4) is 0 Å². The normalized spacial score (nSPS) is 12.8. The zero-order valence-corrected chi connectivity index (χ0v) is 17.4. The van der Waals surface area contributed by atoms with Gasteiger partial charge in [0.05, 0.1) is 12.1 Å². The van der Waals surface area contributed by atoms with E-state index in [4.69, 9.17) is 0 Å². The average Bonchev–Trinajstić information content (AvgIpc) is 2.73. The van der Waals surface area contributed by atoms with Crippen molar-refractivity contribution < 1.29 is 19.6 Å². The third kappa shape index (κ3) is 7.92. The average molecular weight is 412 g/mol. The van der Waals surface area contributed by atoms with Gasteiger partial charge in [-0.1, -0.05) is 57.0 Å². The third-order valence-corrected chi connectivity index (χ3v) is 4.68. The van der Waals surface area contributed by atoms with Crippen molar-refractivity contribution in [2.45, 2.75) is 51.5 Å². The summed E-state index contributed by atoms with van der Waals surface area (Å²) in [5, 5.41) is 24.7. The number of rotatable bonds is 11. The number of amides is 2. The monoisotopic (exact) mass is 412 g/mol. The molecule has 0 saturated heterocycles. The summed E-state index contributed by atoms with van der Waals surface area (Å²) < 4.78 is 0. The van der Waals surface area contributed by atoms with Gasteiger partial charge in [0.1, 0.15) is 11.7 Å². The fourth-order valence-electron chi connectivity index (χ4n) is 3.03. The molecule has 8 nitrogen and oxygen atoms in total. The standard InChI is InChI=1S/C21H29BN4O4/c1-15(2)7-6-10-19(22(29)30)26-20(27)17(13-16-8-4-3-5-9-16)25-21(28)18-14-23-11-12-24-18/h3-5,8-9,11-12,14-15,17,19,29-30H,6-7,10,13H2,1-2H3,(H,25,28)(H,26,27)/t17-,19+/m1/s1. The molecule has 2 rings (SSSR count). The number of carbonyl (C=O) groups excluding carboxylic acids is 2. The van der Waals surface area contributed by atoms with Gasteiger partial charge < -0.3 is 20.7 Å². The van der Waals surface area contributed by atoms with Crippen LogP contribution in [0.5, 0.6) is 0 Å². The zero-order valence-electron chi connectivity index (χ0n) is 17.4. The van der Waals surface area contributed by atoms with E-state index >= 15 is 0 Å². The number of benzene rings is 1. The lowest BCUT2D eigenvalue weighted by Gasteiger charge is -2.23. The Morgan fingerprint density at radius 3 is 2.40 bits per heavy atom. The lowest BCUT2D eigenvalue weighted by atomic mass is 9.76. The summed E-state index contributed by atoms with van der Waals surface area (Å²) in [5.74, 6) is -1.35.